The van der Waals surface area contributed by atoms with Gasteiger partial charge in [-0.1, -0.05) is 90.5 Å². The highest BCUT2D eigenvalue weighted by Gasteiger charge is 2.35. The lowest BCUT2D eigenvalue weighted by atomic mass is 10.0. The summed E-state index contributed by atoms with van der Waals surface area (Å²) in [4.78, 5) is 29.7. The molecule has 8 nitrogen and oxygen atoms in total. The van der Waals surface area contributed by atoms with E-state index in [0.717, 1.165) is 9.87 Å². The van der Waals surface area contributed by atoms with Crippen molar-refractivity contribution in [1.82, 2.24) is 10.2 Å². The number of hydrogen-bond donors (Lipinski definition) is 1. The minimum absolute atomic E-state index is 0.00902. The van der Waals surface area contributed by atoms with E-state index >= 15 is 0 Å². The SMILES string of the molecule is COc1ccccc1N(CC(=O)N(Cc1ccccc1Cl)[C@H](Cc1ccccc1)C(=O)NC(C)C)S(=O)(=O)c1ccccc1. The van der Waals surface area contributed by atoms with Crippen molar-refractivity contribution in [3.63, 3.8) is 0 Å². The van der Waals surface area contributed by atoms with Crippen LogP contribution in [0.4, 0.5) is 5.69 Å². The van der Waals surface area contributed by atoms with Crippen LogP contribution in [0.5, 0.6) is 5.75 Å². The normalized spacial score (nSPS) is 11.9. The van der Waals surface area contributed by atoms with Gasteiger partial charge in [0.25, 0.3) is 10.0 Å². The second-order valence-corrected chi connectivity index (χ2v) is 12.7. The highest BCUT2D eigenvalue weighted by Crippen LogP contribution is 2.33. The number of carbonyl (C=O) groups is 2. The quantitative estimate of drug-likeness (QED) is 0.204. The Kier molecular flexibility index (Phi) is 11.0. The van der Waals surface area contributed by atoms with Gasteiger partial charge in [0.05, 0.1) is 17.7 Å². The fourth-order valence-corrected chi connectivity index (χ4v) is 6.45. The Morgan fingerprint density at radius 2 is 1.43 bits per heavy atom. The van der Waals surface area contributed by atoms with Crippen LogP contribution in [0.3, 0.4) is 0 Å². The first-order valence-electron chi connectivity index (χ1n) is 14.2. The number of amides is 2. The lowest BCUT2D eigenvalue weighted by molar-refractivity contribution is -0.140. The van der Waals surface area contributed by atoms with E-state index in [0.29, 0.717) is 10.6 Å². The molecule has 0 aliphatic heterocycles. The second kappa shape index (κ2) is 14.9. The van der Waals surface area contributed by atoms with E-state index in [2.05, 4.69) is 5.32 Å². The smallest absolute Gasteiger partial charge is 0.264 e. The van der Waals surface area contributed by atoms with Gasteiger partial charge in [-0.15, -0.1) is 0 Å². The number of anilines is 1. The van der Waals surface area contributed by atoms with Crippen LogP contribution in [0.25, 0.3) is 0 Å². The number of para-hydroxylation sites is 2. The number of rotatable bonds is 13. The minimum Gasteiger partial charge on any atom is -0.495 e. The summed E-state index contributed by atoms with van der Waals surface area (Å²) in [6.45, 7) is 3.07. The molecule has 0 heterocycles. The van der Waals surface area contributed by atoms with Crippen LogP contribution in [0.1, 0.15) is 25.0 Å². The molecule has 4 rings (SSSR count). The van der Waals surface area contributed by atoms with E-state index in [1.54, 1.807) is 66.7 Å². The van der Waals surface area contributed by atoms with Crippen molar-refractivity contribution in [3.05, 3.63) is 125 Å². The summed E-state index contributed by atoms with van der Waals surface area (Å²) in [7, 11) is -2.81. The summed E-state index contributed by atoms with van der Waals surface area (Å²) in [5.74, 6) is -0.676. The first-order valence-corrected chi connectivity index (χ1v) is 16.0. The fraction of sp³-hybridized carbons (Fsp3) is 0.235. The van der Waals surface area contributed by atoms with Crippen LogP contribution in [0.2, 0.25) is 5.02 Å². The van der Waals surface area contributed by atoms with E-state index in [1.807, 2.05) is 44.2 Å². The predicted octanol–water partition coefficient (Wildman–Crippen LogP) is 5.71. The van der Waals surface area contributed by atoms with Crippen molar-refractivity contribution in [2.75, 3.05) is 18.0 Å². The van der Waals surface area contributed by atoms with Crippen LogP contribution in [0, 0.1) is 0 Å². The number of carbonyl (C=O) groups excluding carboxylic acids is 2. The highest BCUT2D eigenvalue weighted by atomic mass is 35.5. The van der Waals surface area contributed by atoms with Crippen LogP contribution in [-0.2, 0) is 32.6 Å². The maximum Gasteiger partial charge on any atom is 0.264 e. The molecule has 0 radical (unpaired) electrons. The van der Waals surface area contributed by atoms with Gasteiger partial charge in [0.1, 0.15) is 18.3 Å². The molecular weight excluding hydrogens is 598 g/mol. The molecule has 0 bridgehead atoms. The summed E-state index contributed by atoms with van der Waals surface area (Å²) in [5, 5.41) is 3.36. The lowest BCUT2D eigenvalue weighted by Gasteiger charge is -2.34. The van der Waals surface area contributed by atoms with E-state index in [-0.39, 0.29) is 41.2 Å². The average molecular weight is 634 g/mol. The Hall–Kier alpha value is -4.34. The largest absolute Gasteiger partial charge is 0.495 e. The summed E-state index contributed by atoms with van der Waals surface area (Å²) in [5.41, 5.74) is 1.65. The topological polar surface area (TPSA) is 96.0 Å². The van der Waals surface area contributed by atoms with Crippen molar-refractivity contribution in [1.29, 1.82) is 0 Å². The predicted molar refractivity (Wildman–Crippen MR) is 173 cm³/mol. The molecule has 4 aromatic carbocycles. The van der Waals surface area contributed by atoms with Gasteiger partial charge >= 0.3 is 0 Å². The number of nitrogens with zero attached hydrogens (tertiary/aromatic N) is 2. The molecule has 2 amide bonds. The van der Waals surface area contributed by atoms with Crippen molar-refractivity contribution in [3.8, 4) is 5.75 Å². The van der Waals surface area contributed by atoms with Crippen LogP contribution < -0.4 is 14.4 Å². The third-order valence-electron chi connectivity index (χ3n) is 6.96. The molecule has 0 aliphatic rings. The molecule has 44 heavy (non-hydrogen) atoms. The highest BCUT2D eigenvalue weighted by molar-refractivity contribution is 7.92. The molecule has 0 saturated heterocycles. The number of benzene rings is 4. The molecule has 0 aliphatic carbocycles. The van der Waals surface area contributed by atoms with Crippen molar-refractivity contribution in [2.45, 2.75) is 43.8 Å². The van der Waals surface area contributed by atoms with E-state index in [9.17, 15) is 18.0 Å². The standard InChI is InChI=1S/C34H36ClN3O5S/c1-25(2)36-34(40)31(22-26-14-6-4-7-15-26)37(23-27-16-10-11-19-29(27)35)33(39)24-38(30-20-12-13-21-32(30)43-3)44(41,42)28-17-8-5-9-18-28/h4-21,25,31H,22-24H2,1-3H3,(H,36,40)/t31-/m1/s1. The Balaban J connectivity index is 1.83. The molecular formula is C34H36ClN3O5S. The number of ether oxygens (including phenoxy) is 1. The lowest BCUT2D eigenvalue weighted by Crippen LogP contribution is -2.54. The van der Waals surface area contributed by atoms with Crippen molar-refractivity contribution >= 4 is 39.1 Å². The number of hydrogen-bond acceptors (Lipinski definition) is 5. The maximum atomic E-state index is 14.5. The minimum atomic E-state index is -4.24. The molecule has 1 N–H and O–H groups in total. The Bertz CT molecular complexity index is 1670. The summed E-state index contributed by atoms with van der Waals surface area (Å²) in [6, 6.07) is 29.8. The second-order valence-electron chi connectivity index (χ2n) is 10.5. The molecule has 0 fully saturated rings. The van der Waals surface area contributed by atoms with Crippen molar-refractivity contribution in [2.24, 2.45) is 0 Å². The van der Waals surface area contributed by atoms with Gasteiger partial charge in [0.2, 0.25) is 11.8 Å². The molecule has 1 atom stereocenters. The fourth-order valence-electron chi connectivity index (χ4n) is 4.81. The van der Waals surface area contributed by atoms with Crippen LogP contribution >= 0.6 is 11.6 Å². The summed E-state index contributed by atoms with van der Waals surface area (Å²) < 4.78 is 34.8. The molecule has 0 saturated carbocycles. The summed E-state index contributed by atoms with van der Waals surface area (Å²) >= 11 is 6.53. The summed E-state index contributed by atoms with van der Waals surface area (Å²) in [6.07, 6.45) is 0.204. The monoisotopic (exact) mass is 633 g/mol. The number of nitrogens with one attached hydrogen (secondary N) is 1. The third-order valence-corrected chi connectivity index (χ3v) is 9.11. The van der Waals surface area contributed by atoms with E-state index < -0.39 is 28.5 Å². The number of halogens is 1. The van der Waals surface area contributed by atoms with Gasteiger partial charge in [-0.2, -0.15) is 0 Å². The molecule has 0 aromatic heterocycles. The van der Waals surface area contributed by atoms with E-state index in [4.69, 9.17) is 16.3 Å². The third kappa shape index (κ3) is 7.98. The molecule has 4 aromatic rings. The first kappa shape index (κ1) is 32.6. The van der Waals surface area contributed by atoms with Gasteiger partial charge < -0.3 is 15.0 Å². The van der Waals surface area contributed by atoms with Gasteiger partial charge in [-0.3, -0.25) is 13.9 Å². The zero-order valence-electron chi connectivity index (χ0n) is 24.9. The van der Waals surface area contributed by atoms with Crippen LogP contribution in [0.15, 0.2) is 114 Å². The molecule has 0 unspecified atom stereocenters. The average Bonchev–Trinajstić information content (AvgIpc) is 3.02. The Morgan fingerprint density at radius 3 is 2.07 bits per heavy atom. The van der Waals surface area contributed by atoms with Crippen LogP contribution in [-0.4, -0.2) is 50.9 Å². The molecule has 10 heteroatoms. The zero-order valence-corrected chi connectivity index (χ0v) is 26.5. The molecule has 230 valence electrons. The van der Waals surface area contributed by atoms with E-state index in [1.165, 1.54) is 24.1 Å². The first-order chi connectivity index (χ1) is 21.1. The van der Waals surface area contributed by atoms with Gasteiger partial charge in [0, 0.05) is 24.0 Å². The Labute approximate surface area is 264 Å². The van der Waals surface area contributed by atoms with Gasteiger partial charge in [-0.05, 0) is 55.3 Å². The zero-order chi connectivity index (χ0) is 31.7. The van der Waals surface area contributed by atoms with Gasteiger partial charge in [0.15, 0.2) is 0 Å². The molecule has 0 spiro atoms. The number of methoxy groups -OCH3 is 1. The Morgan fingerprint density at radius 1 is 0.841 bits per heavy atom. The number of sulfonamides is 1. The van der Waals surface area contributed by atoms with Crippen molar-refractivity contribution < 1.29 is 22.7 Å². The van der Waals surface area contributed by atoms with Gasteiger partial charge in [-0.25, -0.2) is 8.42 Å². The maximum absolute atomic E-state index is 14.5.